The summed E-state index contributed by atoms with van der Waals surface area (Å²) in [5.41, 5.74) is 1.25. The van der Waals surface area contributed by atoms with Gasteiger partial charge in [-0.05, 0) is 49.4 Å². The summed E-state index contributed by atoms with van der Waals surface area (Å²) in [6.07, 6.45) is 1.53. The monoisotopic (exact) mass is 495 g/mol. The van der Waals surface area contributed by atoms with Crippen molar-refractivity contribution in [3.05, 3.63) is 86.6 Å². The number of rotatable bonds is 4. The molecule has 0 aliphatic rings. The number of carbonyl (C=O) groups is 1. The number of amides is 2. The van der Waals surface area contributed by atoms with Crippen molar-refractivity contribution in [3.63, 3.8) is 0 Å². The third-order valence-corrected chi connectivity index (χ3v) is 5.63. The quantitative estimate of drug-likeness (QED) is 0.336. The number of benzene rings is 2. The van der Waals surface area contributed by atoms with Crippen molar-refractivity contribution in [2.45, 2.75) is 13.5 Å². The summed E-state index contributed by atoms with van der Waals surface area (Å²) in [6.45, 7) is 2.17. The number of nitriles is 1. The minimum atomic E-state index is -0.778. The molecule has 10 heteroatoms. The summed E-state index contributed by atoms with van der Waals surface area (Å²) in [5.74, 6) is -0.778. The van der Waals surface area contributed by atoms with Crippen LogP contribution in [-0.4, -0.2) is 15.6 Å². The third kappa shape index (κ3) is 4.57. The Hall–Kier alpha value is -3.93. The normalized spacial score (nSPS) is 10.7. The molecule has 2 aromatic heterocycles. The molecule has 2 heterocycles. The Balaban J connectivity index is 1.74. The molecular weight excluding hydrogens is 480 g/mol. The van der Waals surface area contributed by atoms with Crippen LogP contribution in [-0.2, 0) is 6.54 Å². The van der Waals surface area contributed by atoms with Crippen molar-refractivity contribution in [3.8, 4) is 17.2 Å². The van der Waals surface area contributed by atoms with Crippen molar-refractivity contribution >= 4 is 51.5 Å². The summed E-state index contributed by atoms with van der Waals surface area (Å²) >= 11 is 12.3. The predicted octanol–water partition coefficient (Wildman–Crippen LogP) is 6.04. The van der Waals surface area contributed by atoms with Crippen LogP contribution in [0.4, 0.5) is 20.6 Å². The topological polar surface area (TPSA) is 99.8 Å². The molecular formula is C24H16Cl2FN5O2. The van der Waals surface area contributed by atoms with Gasteiger partial charge in [0.25, 0.3) is 5.56 Å². The standard InChI is InChI=1S/C24H16Cl2FN5O2/c1-2-32-21-10-22(26)29-12-14(21)7-17(23(32)33)16-8-20(19(27)9-18(16)25)31-24(34)30-15-5-3-4-13(6-15)11-28/h3-10,12H,2H2,1H3,(H2,30,31,34). The van der Waals surface area contributed by atoms with Gasteiger partial charge < -0.3 is 15.2 Å². The van der Waals surface area contributed by atoms with Crippen LogP contribution in [0.15, 0.2) is 59.5 Å². The molecule has 0 bridgehead atoms. The van der Waals surface area contributed by atoms with Gasteiger partial charge in [-0.25, -0.2) is 14.2 Å². The number of pyridine rings is 2. The number of hydrogen-bond acceptors (Lipinski definition) is 4. The third-order valence-electron chi connectivity index (χ3n) is 5.11. The second-order valence-electron chi connectivity index (χ2n) is 7.26. The van der Waals surface area contributed by atoms with E-state index in [0.29, 0.717) is 28.7 Å². The Morgan fingerprint density at radius 2 is 1.94 bits per heavy atom. The Bertz CT molecular complexity index is 1550. The molecule has 0 unspecified atom stereocenters. The molecule has 0 spiro atoms. The molecule has 0 saturated carbocycles. The molecule has 0 radical (unpaired) electrons. The van der Waals surface area contributed by atoms with Gasteiger partial charge in [0.05, 0.1) is 27.9 Å². The highest BCUT2D eigenvalue weighted by atomic mass is 35.5. The van der Waals surface area contributed by atoms with E-state index < -0.39 is 11.8 Å². The van der Waals surface area contributed by atoms with Crippen molar-refractivity contribution in [2.75, 3.05) is 10.6 Å². The van der Waals surface area contributed by atoms with Gasteiger partial charge in [-0.1, -0.05) is 29.3 Å². The maximum Gasteiger partial charge on any atom is 0.323 e. The number of nitrogens with one attached hydrogen (secondary N) is 2. The summed E-state index contributed by atoms with van der Waals surface area (Å²) in [5, 5.41) is 14.9. The Morgan fingerprint density at radius 1 is 1.15 bits per heavy atom. The number of urea groups is 1. The number of hydrogen-bond donors (Lipinski definition) is 2. The van der Waals surface area contributed by atoms with E-state index in [-0.39, 0.29) is 32.5 Å². The molecule has 4 aromatic rings. The first-order valence-electron chi connectivity index (χ1n) is 10.1. The van der Waals surface area contributed by atoms with Crippen molar-refractivity contribution < 1.29 is 9.18 Å². The minimum absolute atomic E-state index is 0.00575. The SMILES string of the molecule is CCn1c(=O)c(-c2cc(NC(=O)Nc3cccc(C#N)c3)c(F)cc2Cl)cc2cnc(Cl)cc21. The molecule has 0 aliphatic carbocycles. The van der Waals surface area contributed by atoms with E-state index in [0.717, 1.165) is 6.07 Å². The molecule has 7 nitrogen and oxygen atoms in total. The first kappa shape index (κ1) is 23.2. The number of nitrogens with zero attached hydrogens (tertiary/aromatic N) is 3. The van der Waals surface area contributed by atoms with E-state index in [4.69, 9.17) is 28.5 Å². The molecule has 34 heavy (non-hydrogen) atoms. The number of anilines is 2. The number of fused-ring (bicyclic) bond motifs is 1. The van der Waals surface area contributed by atoms with Crippen LogP contribution in [0.2, 0.25) is 10.2 Å². The van der Waals surface area contributed by atoms with Gasteiger partial charge in [0.15, 0.2) is 0 Å². The number of carbonyl (C=O) groups excluding carboxylic acids is 1. The zero-order valence-electron chi connectivity index (χ0n) is 17.7. The maximum atomic E-state index is 14.6. The van der Waals surface area contributed by atoms with Gasteiger partial charge in [-0.15, -0.1) is 0 Å². The molecule has 2 aromatic carbocycles. The predicted molar refractivity (Wildman–Crippen MR) is 131 cm³/mol. The fourth-order valence-electron chi connectivity index (χ4n) is 3.56. The lowest BCUT2D eigenvalue weighted by Gasteiger charge is -2.14. The fraction of sp³-hybridized carbons (Fsp3) is 0.0833. The van der Waals surface area contributed by atoms with Crippen LogP contribution >= 0.6 is 23.2 Å². The number of halogens is 3. The van der Waals surface area contributed by atoms with Crippen molar-refractivity contribution in [1.29, 1.82) is 5.26 Å². The van der Waals surface area contributed by atoms with Crippen LogP contribution < -0.4 is 16.2 Å². The smallest absolute Gasteiger partial charge is 0.308 e. The van der Waals surface area contributed by atoms with Gasteiger partial charge in [-0.2, -0.15) is 5.26 Å². The van der Waals surface area contributed by atoms with E-state index in [2.05, 4.69) is 15.6 Å². The molecule has 4 rings (SSSR count). The second kappa shape index (κ2) is 9.51. The number of aryl methyl sites for hydroxylation is 1. The molecule has 2 amide bonds. The van der Waals surface area contributed by atoms with Crippen LogP contribution in [0.1, 0.15) is 12.5 Å². The van der Waals surface area contributed by atoms with Crippen LogP contribution in [0.3, 0.4) is 0 Å². The van der Waals surface area contributed by atoms with Gasteiger partial charge in [0.2, 0.25) is 0 Å². The van der Waals surface area contributed by atoms with Gasteiger partial charge in [-0.3, -0.25) is 4.79 Å². The van der Waals surface area contributed by atoms with E-state index in [9.17, 15) is 14.0 Å². The highest BCUT2D eigenvalue weighted by molar-refractivity contribution is 6.33. The zero-order valence-corrected chi connectivity index (χ0v) is 19.2. The largest absolute Gasteiger partial charge is 0.323 e. The van der Waals surface area contributed by atoms with Gasteiger partial charge in [0, 0.05) is 34.9 Å². The van der Waals surface area contributed by atoms with Crippen LogP contribution in [0.5, 0.6) is 0 Å². The highest BCUT2D eigenvalue weighted by Gasteiger charge is 2.18. The average Bonchev–Trinajstić information content (AvgIpc) is 2.81. The summed E-state index contributed by atoms with van der Waals surface area (Å²) in [4.78, 5) is 29.7. The van der Waals surface area contributed by atoms with Gasteiger partial charge >= 0.3 is 6.03 Å². The van der Waals surface area contributed by atoms with E-state index in [1.54, 1.807) is 30.3 Å². The van der Waals surface area contributed by atoms with Crippen molar-refractivity contribution in [2.24, 2.45) is 0 Å². The molecule has 0 atom stereocenters. The maximum absolute atomic E-state index is 14.6. The Morgan fingerprint density at radius 3 is 2.68 bits per heavy atom. The molecule has 170 valence electrons. The summed E-state index contributed by atoms with van der Waals surface area (Å²) < 4.78 is 16.1. The lowest BCUT2D eigenvalue weighted by atomic mass is 10.0. The summed E-state index contributed by atoms with van der Waals surface area (Å²) in [7, 11) is 0. The molecule has 2 N–H and O–H groups in total. The first-order valence-corrected chi connectivity index (χ1v) is 10.8. The molecule has 0 fully saturated rings. The van der Waals surface area contributed by atoms with Crippen molar-refractivity contribution in [1.82, 2.24) is 9.55 Å². The second-order valence-corrected chi connectivity index (χ2v) is 8.05. The fourth-order valence-corrected chi connectivity index (χ4v) is 3.96. The minimum Gasteiger partial charge on any atom is -0.308 e. The molecule has 0 saturated heterocycles. The van der Waals surface area contributed by atoms with Gasteiger partial charge in [0.1, 0.15) is 11.0 Å². The van der Waals surface area contributed by atoms with E-state index >= 15 is 0 Å². The summed E-state index contributed by atoms with van der Waals surface area (Å²) in [6, 6.07) is 13.0. The highest BCUT2D eigenvalue weighted by Crippen LogP contribution is 2.32. The number of aromatic nitrogens is 2. The van der Waals surface area contributed by atoms with E-state index in [1.165, 1.54) is 22.9 Å². The van der Waals surface area contributed by atoms with E-state index in [1.807, 2.05) is 13.0 Å². The average molecular weight is 496 g/mol. The Labute approximate surface area is 203 Å². The Kier molecular flexibility index (Phi) is 6.50. The lowest BCUT2D eigenvalue weighted by Crippen LogP contribution is -2.22. The van der Waals surface area contributed by atoms with Crippen LogP contribution in [0, 0.1) is 17.1 Å². The molecule has 0 aliphatic heterocycles. The zero-order chi connectivity index (χ0) is 24.4. The van der Waals surface area contributed by atoms with Crippen LogP contribution in [0.25, 0.3) is 22.0 Å². The first-order chi connectivity index (χ1) is 16.3. The lowest BCUT2D eigenvalue weighted by molar-refractivity contribution is 0.262.